The van der Waals surface area contributed by atoms with E-state index in [4.69, 9.17) is 0 Å². The second-order valence-electron chi connectivity index (χ2n) is 5.64. The molecule has 1 heterocycles. The van der Waals surface area contributed by atoms with E-state index >= 15 is 0 Å². The lowest BCUT2D eigenvalue weighted by molar-refractivity contribution is -0.122. The second-order valence-corrected chi connectivity index (χ2v) is 6.56. The van der Waals surface area contributed by atoms with Crippen LogP contribution in [0.1, 0.15) is 24.1 Å². The van der Waals surface area contributed by atoms with Gasteiger partial charge >= 0.3 is 0 Å². The topological polar surface area (TPSA) is 57.8 Å². The van der Waals surface area contributed by atoms with Gasteiger partial charge in [-0.25, -0.2) is 0 Å². The molecule has 0 fully saturated rings. The van der Waals surface area contributed by atoms with E-state index in [-0.39, 0.29) is 18.5 Å². The fourth-order valence-corrected chi connectivity index (χ4v) is 3.12. The maximum absolute atomic E-state index is 12.4. The molecule has 0 aliphatic heterocycles. The third kappa shape index (κ3) is 3.34. The second kappa shape index (κ2) is 6.90. The molecule has 1 amide bonds. The van der Waals surface area contributed by atoms with Gasteiger partial charge in [-0.15, -0.1) is 0 Å². The minimum absolute atomic E-state index is 0.0647. The summed E-state index contributed by atoms with van der Waals surface area (Å²) in [5.41, 5.74) is 2.50. The summed E-state index contributed by atoms with van der Waals surface area (Å²) in [5.74, 6) is -0.0874. The van der Waals surface area contributed by atoms with Crippen LogP contribution in [0.25, 0.3) is 10.9 Å². The molecule has 24 heavy (non-hydrogen) atoms. The van der Waals surface area contributed by atoms with E-state index in [9.17, 15) is 10.1 Å². The van der Waals surface area contributed by atoms with Crippen LogP contribution in [0.15, 0.2) is 59.2 Å². The van der Waals surface area contributed by atoms with Crippen LogP contribution in [0.4, 0.5) is 0 Å². The summed E-state index contributed by atoms with van der Waals surface area (Å²) >= 11 is 3.42. The molecule has 0 aliphatic carbocycles. The smallest absolute Gasteiger partial charge is 0.240 e. The highest BCUT2D eigenvalue weighted by Crippen LogP contribution is 2.25. The van der Waals surface area contributed by atoms with Crippen LogP contribution >= 0.6 is 15.9 Å². The van der Waals surface area contributed by atoms with Crippen molar-refractivity contribution in [3.05, 3.63) is 70.3 Å². The summed E-state index contributed by atoms with van der Waals surface area (Å²) in [6.45, 7) is 2.13. The summed E-state index contributed by atoms with van der Waals surface area (Å²) in [5, 5.41) is 13.1. The van der Waals surface area contributed by atoms with Crippen LogP contribution in [-0.2, 0) is 11.3 Å². The number of carbonyl (C=O) groups is 1. The Morgan fingerprint density at radius 1 is 1.29 bits per heavy atom. The van der Waals surface area contributed by atoms with Crippen molar-refractivity contribution >= 4 is 32.7 Å². The van der Waals surface area contributed by atoms with Gasteiger partial charge in [0, 0.05) is 21.6 Å². The van der Waals surface area contributed by atoms with Crippen molar-refractivity contribution in [2.75, 3.05) is 0 Å². The molecule has 3 aromatic rings. The van der Waals surface area contributed by atoms with E-state index in [2.05, 4.69) is 27.3 Å². The van der Waals surface area contributed by atoms with E-state index in [1.165, 1.54) is 0 Å². The third-order valence-corrected chi connectivity index (χ3v) is 4.45. The largest absolute Gasteiger partial charge is 0.348 e. The fraction of sp³-hybridized carbons (Fsp3) is 0.158. The molecule has 1 aromatic heterocycles. The molecule has 3 rings (SSSR count). The molecule has 1 unspecified atom stereocenters. The maximum atomic E-state index is 12.4. The number of nitrogens with one attached hydrogen (secondary N) is 1. The van der Waals surface area contributed by atoms with Gasteiger partial charge in [-0.2, -0.15) is 5.26 Å². The lowest BCUT2D eigenvalue weighted by Gasteiger charge is -2.15. The van der Waals surface area contributed by atoms with E-state index in [1.54, 1.807) is 6.20 Å². The highest BCUT2D eigenvalue weighted by molar-refractivity contribution is 9.10. The molecule has 1 atom stereocenters. The Labute approximate surface area is 148 Å². The van der Waals surface area contributed by atoms with Gasteiger partial charge in [-0.3, -0.25) is 4.79 Å². The average Bonchev–Trinajstić information content (AvgIpc) is 2.92. The fourth-order valence-electron chi connectivity index (χ4n) is 2.76. The Morgan fingerprint density at radius 3 is 2.75 bits per heavy atom. The van der Waals surface area contributed by atoms with Crippen molar-refractivity contribution in [3.63, 3.8) is 0 Å². The molecule has 0 radical (unpaired) electrons. The number of nitriles is 1. The number of amides is 1. The van der Waals surface area contributed by atoms with E-state index in [1.807, 2.05) is 60.0 Å². The summed E-state index contributed by atoms with van der Waals surface area (Å²) in [4.78, 5) is 12.4. The summed E-state index contributed by atoms with van der Waals surface area (Å²) in [7, 11) is 0. The van der Waals surface area contributed by atoms with Crippen LogP contribution in [-0.4, -0.2) is 10.5 Å². The number of hydrogen-bond acceptors (Lipinski definition) is 2. The molecule has 4 nitrogen and oxygen atoms in total. The number of aromatic nitrogens is 1. The van der Waals surface area contributed by atoms with Crippen LogP contribution < -0.4 is 5.32 Å². The van der Waals surface area contributed by atoms with Gasteiger partial charge in [0.1, 0.15) is 12.6 Å². The number of halogens is 1. The number of nitrogens with zero attached hydrogens (tertiary/aromatic N) is 2. The van der Waals surface area contributed by atoms with Gasteiger partial charge in [0.15, 0.2) is 0 Å². The number of benzene rings is 2. The van der Waals surface area contributed by atoms with Gasteiger partial charge in [-0.05, 0) is 30.7 Å². The standard InChI is InChI=1S/C19H16BrN3O/c1-13(14-5-3-2-4-6-14)22-19(24)12-23-11-15(10-21)17-9-16(20)7-8-18(17)23/h2-9,11,13H,12H2,1H3,(H,22,24). The molecule has 2 aromatic carbocycles. The van der Waals surface area contributed by atoms with Gasteiger partial charge in [0.05, 0.1) is 11.6 Å². The zero-order chi connectivity index (χ0) is 17.1. The molecule has 120 valence electrons. The first-order valence-corrected chi connectivity index (χ1v) is 8.40. The van der Waals surface area contributed by atoms with Crippen molar-refractivity contribution in [1.29, 1.82) is 5.26 Å². The SMILES string of the molecule is CC(NC(=O)Cn1cc(C#N)c2cc(Br)ccc21)c1ccccc1. The zero-order valence-electron chi connectivity index (χ0n) is 13.2. The molecule has 0 bridgehead atoms. The highest BCUT2D eigenvalue weighted by Gasteiger charge is 2.13. The summed E-state index contributed by atoms with van der Waals surface area (Å²) < 4.78 is 2.72. The molecular weight excluding hydrogens is 366 g/mol. The minimum Gasteiger partial charge on any atom is -0.348 e. The van der Waals surface area contributed by atoms with E-state index in [0.717, 1.165) is 20.9 Å². The number of carbonyl (C=O) groups excluding carboxylic acids is 1. The minimum atomic E-state index is -0.0874. The summed E-state index contributed by atoms with van der Waals surface area (Å²) in [6.07, 6.45) is 1.73. The first kappa shape index (κ1) is 16.3. The van der Waals surface area contributed by atoms with Gasteiger partial charge in [0.2, 0.25) is 5.91 Å². The number of rotatable bonds is 4. The molecule has 0 aliphatic rings. The summed E-state index contributed by atoms with van der Waals surface area (Å²) in [6, 6.07) is 17.7. The van der Waals surface area contributed by atoms with E-state index in [0.29, 0.717) is 5.56 Å². The lowest BCUT2D eigenvalue weighted by atomic mass is 10.1. The molecule has 0 spiro atoms. The Bertz CT molecular complexity index is 925. The van der Waals surface area contributed by atoms with Gasteiger partial charge in [0.25, 0.3) is 0 Å². The Kier molecular flexibility index (Phi) is 4.68. The van der Waals surface area contributed by atoms with Gasteiger partial charge < -0.3 is 9.88 Å². The van der Waals surface area contributed by atoms with Crippen molar-refractivity contribution in [2.45, 2.75) is 19.5 Å². The third-order valence-electron chi connectivity index (χ3n) is 3.95. The Balaban J connectivity index is 1.80. The lowest BCUT2D eigenvalue weighted by Crippen LogP contribution is -2.29. The van der Waals surface area contributed by atoms with Crippen molar-refractivity contribution in [2.24, 2.45) is 0 Å². The Morgan fingerprint density at radius 2 is 2.04 bits per heavy atom. The van der Waals surface area contributed by atoms with Crippen LogP contribution in [0.3, 0.4) is 0 Å². The monoisotopic (exact) mass is 381 g/mol. The maximum Gasteiger partial charge on any atom is 0.240 e. The first-order chi connectivity index (χ1) is 11.6. The quantitative estimate of drug-likeness (QED) is 0.737. The van der Waals surface area contributed by atoms with Crippen LogP contribution in [0.5, 0.6) is 0 Å². The number of fused-ring (bicyclic) bond motifs is 1. The van der Waals surface area contributed by atoms with E-state index < -0.39 is 0 Å². The van der Waals surface area contributed by atoms with Crippen LogP contribution in [0, 0.1) is 11.3 Å². The molecule has 1 N–H and O–H groups in total. The van der Waals surface area contributed by atoms with Crippen molar-refractivity contribution < 1.29 is 4.79 Å². The molecular formula is C19H16BrN3O. The molecule has 5 heteroatoms. The average molecular weight is 382 g/mol. The normalized spacial score (nSPS) is 11.9. The predicted octanol–water partition coefficient (Wildman–Crippen LogP) is 4.15. The van der Waals surface area contributed by atoms with Crippen LogP contribution in [0.2, 0.25) is 0 Å². The van der Waals surface area contributed by atoms with Gasteiger partial charge in [-0.1, -0.05) is 46.3 Å². The first-order valence-electron chi connectivity index (χ1n) is 7.61. The van der Waals surface area contributed by atoms with Crippen molar-refractivity contribution in [3.8, 4) is 6.07 Å². The number of hydrogen-bond donors (Lipinski definition) is 1. The molecule has 0 saturated heterocycles. The predicted molar refractivity (Wildman–Crippen MR) is 97.4 cm³/mol. The zero-order valence-corrected chi connectivity index (χ0v) is 14.7. The Hall–Kier alpha value is -2.58. The molecule has 0 saturated carbocycles. The van der Waals surface area contributed by atoms with Crippen molar-refractivity contribution in [1.82, 2.24) is 9.88 Å². The highest BCUT2D eigenvalue weighted by atomic mass is 79.9.